The Bertz CT molecular complexity index is 955. The first-order chi connectivity index (χ1) is 13.9. The number of amides is 2. The molecular formula is C21H21FN4O3. The second-order valence-corrected chi connectivity index (χ2v) is 6.81. The number of anilines is 1. The molecule has 1 heterocycles. The minimum Gasteiger partial charge on any atom is -0.442 e. The van der Waals surface area contributed by atoms with Crippen molar-refractivity contribution < 1.29 is 18.7 Å². The van der Waals surface area contributed by atoms with E-state index in [0.29, 0.717) is 16.8 Å². The average Bonchev–Trinajstić information content (AvgIpc) is 3.07. The number of carbonyl (C=O) groups is 2. The summed E-state index contributed by atoms with van der Waals surface area (Å²) in [5.74, 6) is -0.691. The van der Waals surface area contributed by atoms with Crippen LogP contribution in [0.5, 0.6) is 0 Å². The third-order valence-electron chi connectivity index (χ3n) is 4.68. The lowest BCUT2D eigenvalue weighted by Crippen LogP contribution is -2.33. The van der Waals surface area contributed by atoms with E-state index in [1.807, 2.05) is 6.07 Å². The molecule has 2 amide bonds. The lowest BCUT2D eigenvalue weighted by atomic mass is 9.99. The summed E-state index contributed by atoms with van der Waals surface area (Å²) in [6.45, 7) is 1.81. The van der Waals surface area contributed by atoms with Gasteiger partial charge in [0.2, 0.25) is 5.91 Å². The zero-order chi connectivity index (χ0) is 21.0. The number of hydrogen-bond acceptors (Lipinski definition) is 5. The summed E-state index contributed by atoms with van der Waals surface area (Å²) in [7, 11) is 0. The Balaban J connectivity index is 1.74. The number of nitrogens with two attached hydrogens (primary N) is 1. The standard InChI is InChI=1S/C21H21FN4O3/c1-13(27)25-11-17-12-26(21(28)29-17)16-6-7-18(19(22)10-16)14-2-4-15(5-3-14)20(24)8-9-23/h2-7,10,17,20H,8,11-12,24H2,1H3,(H,25,27). The van der Waals surface area contributed by atoms with Crippen molar-refractivity contribution in [1.82, 2.24) is 5.32 Å². The van der Waals surface area contributed by atoms with E-state index >= 15 is 0 Å². The summed E-state index contributed by atoms with van der Waals surface area (Å²) in [5, 5.41) is 11.3. The molecule has 2 unspecified atom stereocenters. The highest BCUT2D eigenvalue weighted by Gasteiger charge is 2.32. The van der Waals surface area contributed by atoms with Crippen LogP contribution in [0.25, 0.3) is 11.1 Å². The molecule has 1 fully saturated rings. The van der Waals surface area contributed by atoms with Crippen molar-refractivity contribution in [3.8, 4) is 17.2 Å². The van der Waals surface area contributed by atoms with Crippen molar-refractivity contribution in [2.75, 3.05) is 18.0 Å². The second kappa shape index (κ2) is 8.71. The second-order valence-electron chi connectivity index (χ2n) is 6.81. The van der Waals surface area contributed by atoms with Crippen molar-refractivity contribution in [3.63, 3.8) is 0 Å². The van der Waals surface area contributed by atoms with Gasteiger partial charge in [0.15, 0.2) is 0 Å². The van der Waals surface area contributed by atoms with Crippen LogP contribution in [0, 0.1) is 17.1 Å². The topological polar surface area (TPSA) is 108 Å². The highest BCUT2D eigenvalue weighted by atomic mass is 19.1. The zero-order valence-electron chi connectivity index (χ0n) is 15.9. The van der Waals surface area contributed by atoms with E-state index in [0.717, 1.165) is 5.56 Å². The molecular weight excluding hydrogens is 375 g/mol. The summed E-state index contributed by atoms with van der Waals surface area (Å²) in [6, 6.07) is 13.2. The Kier molecular flexibility index (Phi) is 6.10. The molecule has 0 saturated carbocycles. The fourth-order valence-corrected chi connectivity index (χ4v) is 3.13. The largest absolute Gasteiger partial charge is 0.442 e. The first-order valence-corrected chi connectivity index (χ1v) is 9.14. The first-order valence-electron chi connectivity index (χ1n) is 9.14. The van der Waals surface area contributed by atoms with Crippen molar-refractivity contribution in [2.24, 2.45) is 5.73 Å². The van der Waals surface area contributed by atoms with Gasteiger partial charge in [-0.3, -0.25) is 9.69 Å². The minimum atomic E-state index is -0.580. The van der Waals surface area contributed by atoms with Crippen LogP contribution in [0.15, 0.2) is 42.5 Å². The number of carbonyl (C=O) groups excluding carboxylic acids is 2. The van der Waals surface area contributed by atoms with Crippen LogP contribution in [-0.4, -0.2) is 31.2 Å². The Morgan fingerprint density at radius 1 is 1.38 bits per heavy atom. The summed E-state index contributed by atoms with van der Waals surface area (Å²) in [6.07, 6.45) is -0.861. The van der Waals surface area contributed by atoms with Crippen LogP contribution in [-0.2, 0) is 9.53 Å². The number of hydrogen-bond donors (Lipinski definition) is 2. The molecule has 0 radical (unpaired) electrons. The van der Waals surface area contributed by atoms with E-state index in [1.54, 1.807) is 36.4 Å². The van der Waals surface area contributed by atoms with Gasteiger partial charge >= 0.3 is 6.09 Å². The minimum absolute atomic E-state index is 0.206. The quantitative estimate of drug-likeness (QED) is 0.780. The maximum atomic E-state index is 14.7. The summed E-state index contributed by atoms with van der Waals surface area (Å²) < 4.78 is 19.9. The third kappa shape index (κ3) is 4.70. The summed E-state index contributed by atoms with van der Waals surface area (Å²) in [5.41, 5.74) is 8.14. The number of rotatable bonds is 6. The third-order valence-corrected chi connectivity index (χ3v) is 4.68. The van der Waals surface area contributed by atoms with Gasteiger partial charge in [0.1, 0.15) is 11.9 Å². The molecule has 2 aromatic rings. The van der Waals surface area contributed by atoms with Crippen LogP contribution in [0.2, 0.25) is 0 Å². The molecule has 0 aromatic heterocycles. The molecule has 0 spiro atoms. The van der Waals surface area contributed by atoms with E-state index in [9.17, 15) is 14.0 Å². The maximum absolute atomic E-state index is 14.7. The molecule has 2 atom stereocenters. The molecule has 1 aliphatic rings. The Morgan fingerprint density at radius 3 is 2.72 bits per heavy atom. The van der Waals surface area contributed by atoms with Gasteiger partial charge in [0.05, 0.1) is 31.3 Å². The Labute approximate surface area is 167 Å². The molecule has 2 aromatic carbocycles. The predicted octanol–water partition coefficient (Wildman–Crippen LogP) is 2.87. The van der Waals surface area contributed by atoms with Crippen LogP contribution in [0.3, 0.4) is 0 Å². The molecule has 0 aliphatic carbocycles. The van der Waals surface area contributed by atoms with E-state index in [2.05, 4.69) is 5.32 Å². The van der Waals surface area contributed by atoms with Gasteiger partial charge in [0, 0.05) is 18.5 Å². The molecule has 7 nitrogen and oxygen atoms in total. The van der Waals surface area contributed by atoms with E-state index in [-0.39, 0.29) is 31.5 Å². The van der Waals surface area contributed by atoms with Gasteiger partial charge < -0.3 is 15.8 Å². The summed E-state index contributed by atoms with van der Waals surface area (Å²) in [4.78, 5) is 24.4. The monoisotopic (exact) mass is 396 g/mol. The highest BCUT2D eigenvalue weighted by molar-refractivity contribution is 5.90. The molecule has 1 saturated heterocycles. The highest BCUT2D eigenvalue weighted by Crippen LogP contribution is 2.30. The number of nitriles is 1. The van der Waals surface area contributed by atoms with Crippen LogP contribution < -0.4 is 16.0 Å². The Morgan fingerprint density at radius 2 is 2.10 bits per heavy atom. The number of halogens is 1. The number of nitrogens with one attached hydrogen (secondary N) is 1. The molecule has 3 rings (SSSR count). The number of benzene rings is 2. The normalized spacial score (nSPS) is 16.8. The van der Waals surface area contributed by atoms with Crippen molar-refractivity contribution in [1.29, 1.82) is 5.26 Å². The van der Waals surface area contributed by atoms with Crippen LogP contribution in [0.1, 0.15) is 24.9 Å². The van der Waals surface area contributed by atoms with E-state index in [4.69, 9.17) is 15.7 Å². The van der Waals surface area contributed by atoms with Gasteiger partial charge in [-0.25, -0.2) is 9.18 Å². The van der Waals surface area contributed by atoms with Gasteiger partial charge in [0.25, 0.3) is 0 Å². The number of ether oxygens (including phenoxy) is 1. The molecule has 8 heteroatoms. The molecule has 0 bridgehead atoms. The number of nitrogens with zero attached hydrogens (tertiary/aromatic N) is 2. The Hall–Kier alpha value is -3.44. The smallest absolute Gasteiger partial charge is 0.414 e. The van der Waals surface area contributed by atoms with Crippen LogP contribution >= 0.6 is 0 Å². The van der Waals surface area contributed by atoms with Gasteiger partial charge in [-0.1, -0.05) is 24.3 Å². The summed E-state index contributed by atoms with van der Waals surface area (Å²) >= 11 is 0. The SMILES string of the molecule is CC(=O)NCC1CN(c2ccc(-c3ccc(C(N)CC#N)cc3)c(F)c2)C(=O)O1. The fraction of sp³-hybridized carbons (Fsp3) is 0.286. The molecule has 3 N–H and O–H groups in total. The van der Waals surface area contributed by atoms with E-state index < -0.39 is 18.0 Å². The lowest BCUT2D eigenvalue weighted by Gasteiger charge is -2.15. The fourth-order valence-electron chi connectivity index (χ4n) is 3.13. The predicted molar refractivity (Wildman–Crippen MR) is 105 cm³/mol. The number of cyclic esters (lactones) is 1. The van der Waals surface area contributed by atoms with Gasteiger partial charge in [-0.2, -0.15) is 5.26 Å². The molecule has 29 heavy (non-hydrogen) atoms. The van der Waals surface area contributed by atoms with Crippen molar-refractivity contribution in [2.45, 2.75) is 25.5 Å². The lowest BCUT2D eigenvalue weighted by molar-refractivity contribution is -0.119. The van der Waals surface area contributed by atoms with Crippen molar-refractivity contribution in [3.05, 3.63) is 53.8 Å². The van der Waals surface area contributed by atoms with Crippen LogP contribution in [0.4, 0.5) is 14.9 Å². The van der Waals surface area contributed by atoms with Gasteiger partial charge in [-0.15, -0.1) is 0 Å². The zero-order valence-corrected chi connectivity index (χ0v) is 15.9. The van der Waals surface area contributed by atoms with Gasteiger partial charge in [-0.05, 0) is 29.3 Å². The first kappa shape index (κ1) is 20.3. The average molecular weight is 396 g/mol. The molecule has 150 valence electrons. The van der Waals surface area contributed by atoms with Crippen molar-refractivity contribution >= 4 is 17.7 Å². The maximum Gasteiger partial charge on any atom is 0.414 e. The van der Waals surface area contributed by atoms with E-state index in [1.165, 1.54) is 17.9 Å². The molecule has 1 aliphatic heterocycles.